The number of aryl methyl sites for hydroxylation is 2. The molecule has 2 aromatic rings. The average Bonchev–Trinajstić information content (AvgIpc) is 3.24. The van der Waals surface area contributed by atoms with Crippen molar-refractivity contribution >= 4 is 47.6 Å². The molecule has 0 aromatic heterocycles. The molecule has 3 N–H and O–H groups in total. The van der Waals surface area contributed by atoms with Crippen molar-refractivity contribution in [2.45, 2.75) is 120 Å². The third kappa shape index (κ3) is 10.1. The van der Waals surface area contributed by atoms with Gasteiger partial charge in [0.1, 0.15) is 15.2 Å². The summed E-state index contributed by atoms with van der Waals surface area (Å²) in [5.41, 5.74) is 2.95. The lowest BCUT2D eigenvalue weighted by atomic mass is 9.87. The molecule has 10 heteroatoms. The summed E-state index contributed by atoms with van der Waals surface area (Å²) in [6.45, 7) is 10.3. The maximum Gasteiger partial charge on any atom is 0.251 e. The predicted octanol–water partition coefficient (Wildman–Crippen LogP) is 5.73. The highest BCUT2D eigenvalue weighted by molar-refractivity contribution is 8.03. The number of thioether (sulfide) groups is 1. The molecule has 2 aromatic carbocycles. The molecule has 1 saturated heterocycles. The van der Waals surface area contributed by atoms with Crippen LogP contribution in [-0.4, -0.2) is 72.7 Å². The van der Waals surface area contributed by atoms with Crippen molar-refractivity contribution in [3.63, 3.8) is 0 Å². The van der Waals surface area contributed by atoms with Gasteiger partial charge >= 0.3 is 0 Å². The van der Waals surface area contributed by atoms with E-state index in [0.717, 1.165) is 42.2 Å². The zero-order chi connectivity index (χ0) is 36.8. The molecule has 3 rings (SSSR count). The van der Waals surface area contributed by atoms with Gasteiger partial charge in [0, 0.05) is 26.3 Å². The summed E-state index contributed by atoms with van der Waals surface area (Å²) in [5.74, 6) is -0.839. The van der Waals surface area contributed by atoms with Gasteiger partial charge in [0.15, 0.2) is 17.3 Å². The Morgan fingerprint density at radius 3 is 1.90 bits per heavy atom. The van der Waals surface area contributed by atoms with Crippen LogP contribution in [0.5, 0.6) is 0 Å². The maximum absolute atomic E-state index is 13.5. The van der Waals surface area contributed by atoms with E-state index in [1.54, 1.807) is 7.05 Å². The van der Waals surface area contributed by atoms with Gasteiger partial charge in [0.2, 0.25) is 5.91 Å². The highest BCUT2D eigenvalue weighted by Gasteiger charge is 2.60. The van der Waals surface area contributed by atoms with Crippen LogP contribution < -0.4 is 5.32 Å². The van der Waals surface area contributed by atoms with Crippen LogP contribution in [0.4, 0.5) is 0 Å². The summed E-state index contributed by atoms with van der Waals surface area (Å²) in [6, 6.07) is 16.5. The fraction of sp³-hybridized carbons (Fsp3) is 0.590. The highest BCUT2D eigenvalue weighted by Crippen LogP contribution is 2.51. The number of nitrogens with zero attached hydrogens (tertiary/aromatic N) is 1. The molecule has 0 aliphatic carbocycles. The number of hydrogen-bond donors (Lipinski definition) is 4. The zero-order valence-electron chi connectivity index (χ0n) is 30.5. The molecule has 0 spiro atoms. The summed E-state index contributed by atoms with van der Waals surface area (Å²) in [5, 5.41) is 22.6. The van der Waals surface area contributed by atoms with E-state index in [-0.39, 0.29) is 23.4 Å². The Morgan fingerprint density at radius 2 is 1.45 bits per heavy atom. The number of nitrogens with one attached hydrogen (secondary N) is 1. The first-order chi connectivity index (χ1) is 22.8. The minimum absolute atomic E-state index is 0.0170. The molecule has 1 amide bonds. The minimum Gasteiger partial charge on any atom is -0.382 e. The number of carbonyl (C=O) groups is 4. The average molecular weight is 713 g/mol. The van der Waals surface area contributed by atoms with Crippen LogP contribution in [0.1, 0.15) is 95.9 Å². The lowest BCUT2D eigenvalue weighted by Gasteiger charge is -2.30. The number of Topliss-reactive ketones (excluding diaryl/α,β-unsaturated/α-hetero) is 3. The van der Waals surface area contributed by atoms with Crippen LogP contribution in [0.15, 0.2) is 48.5 Å². The van der Waals surface area contributed by atoms with Crippen molar-refractivity contribution in [3.8, 4) is 0 Å². The fourth-order valence-electron chi connectivity index (χ4n) is 6.34. The van der Waals surface area contributed by atoms with Crippen LogP contribution in [-0.2, 0) is 44.9 Å². The number of rotatable bonds is 19. The van der Waals surface area contributed by atoms with E-state index in [9.17, 15) is 29.4 Å². The molecule has 0 bridgehead atoms. The first-order valence-electron chi connectivity index (χ1n) is 17.3. The summed E-state index contributed by atoms with van der Waals surface area (Å²) in [4.78, 5) is 51.0. The van der Waals surface area contributed by atoms with Gasteiger partial charge in [-0.3, -0.25) is 24.5 Å². The smallest absolute Gasteiger partial charge is 0.251 e. The quantitative estimate of drug-likeness (QED) is 0.108. The van der Waals surface area contributed by atoms with E-state index in [1.165, 1.54) is 43.8 Å². The summed E-state index contributed by atoms with van der Waals surface area (Å²) in [7, 11) is 3.24. The van der Waals surface area contributed by atoms with Crippen molar-refractivity contribution in [2.24, 2.45) is 11.8 Å². The van der Waals surface area contributed by atoms with E-state index < -0.39 is 26.1 Å². The Balaban J connectivity index is 1.60. The predicted molar refractivity (Wildman–Crippen MR) is 201 cm³/mol. The van der Waals surface area contributed by atoms with Crippen LogP contribution in [0.2, 0.25) is 0 Å². The van der Waals surface area contributed by atoms with Gasteiger partial charge in [0.05, 0.1) is 0 Å². The molecule has 49 heavy (non-hydrogen) atoms. The second-order valence-electron chi connectivity index (χ2n) is 14.6. The lowest BCUT2D eigenvalue weighted by Crippen LogP contribution is -2.49. The molecule has 1 heterocycles. The zero-order valence-corrected chi connectivity index (χ0v) is 32.2. The van der Waals surface area contributed by atoms with E-state index in [2.05, 4.69) is 43.4 Å². The topological polar surface area (TPSA) is 124 Å². The number of ketones is 3. The molecule has 0 radical (unpaired) electrons. The van der Waals surface area contributed by atoms with Gasteiger partial charge in [-0.1, -0.05) is 81.1 Å². The van der Waals surface area contributed by atoms with Crippen molar-refractivity contribution in [1.82, 2.24) is 10.2 Å². The number of benzene rings is 2. The summed E-state index contributed by atoms with van der Waals surface area (Å²) < 4.78 is -0.901. The molecule has 0 saturated carbocycles. The second-order valence-corrected chi connectivity index (χ2v) is 17.0. The van der Waals surface area contributed by atoms with Crippen LogP contribution >= 0.6 is 24.4 Å². The van der Waals surface area contributed by atoms with Gasteiger partial charge in [-0.15, -0.1) is 12.6 Å². The van der Waals surface area contributed by atoms with Gasteiger partial charge < -0.3 is 15.1 Å². The first kappa shape index (κ1) is 40.9. The number of aliphatic hydroxyl groups is 2. The SMILES string of the molecule is CN[C@](S)(Cc1ccc(CCc2ccc(C[C@]3(CCC(C)C)S[C@@](O)(C(C)=O)N(C)C3=O)cc2)cc1)C(=O)C(C)CCCC(C)(O)C(C)=O. The molecule has 2 unspecified atom stereocenters. The Kier molecular flexibility index (Phi) is 13.9. The van der Waals surface area contributed by atoms with Crippen molar-refractivity contribution < 1.29 is 29.4 Å². The normalized spacial score (nSPS) is 22.5. The Morgan fingerprint density at radius 1 is 0.939 bits per heavy atom. The largest absolute Gasteiger partial charge is 0.382 e. The standard InChI is InChI=1S/C39H56N2O6S2/c1-26(2)21-23-37(35(45)41(8)39(47,49-37)29(5)43)24-32-17-13-30(14-18-32)11-12-31-15-19-33(20-16-31)25-38(48,40-7)34(44)27(3)10-9-22-36(6,46)28(4)42/h13-20,26-27,40,46-48H,9-12,21-25H2,1-8H3/t27?,36?,37-,38-,39-/m0/s1. The van der Waals surface area contributed by atoms with Crippen LogP contribution in [0.25, 0.3) is 0 Å². The minimum atomic E-state index is -1.85. The van der Waals surface area contributed by atoms with Crippen LogP contribution in [0, 0.1) is 11.8 Å². The highest BCUT2D eigenvalue weighted by atomic mass is 32.2. The van der Waals surface area contributed by atoms with E-state index in [1.807, 2.05) is 31.2 Å². The van der Waals surface area contributed by atoms with Gasteiger partial charge in [-0.05, 0) is 100 Å². The third-order valence-corrected chi connectivity index (χ3v) is 12.5. The van der Waals surface area contributed by atoms with E-state index in [4.69, 9.17) is 12.6 Å². The molecular weight excluding hydrogens is 657 g/mol. The molecular formula is C39H56N2O6S2. The van der Waals surface area contributed by atoms with Crippen molar-refractivity contribution in [2.75, 3.05) is 14.1 Å². The van der Waals surface area contributed by atoms with Gasteiger partial charge in [-0.2, -0.15) is 0 Å². The summed E-state index contributed by atoms with van der Waals surface area (Å²) >= 11 is 5.86. The third-order valence-electron chi connectivity index (χ3n) is 10.1. The number of hydrogen-bond acceptors (Lipinski definition) is 9. The Hall–Kier alpha value is -2.50. The van der Waals surface area contributed by atoms with Gasteiger partial charge in [0.25, 0.3) is 5.06 Å². The van der Waals surface area contributed by atoms with Crippen molar-refractivity contribution in [3.05, 3.63) is 70.8 Å². The number of amides is 1. The lowest BCUT2D eigenvalue weighted by molar-refractivity contribution is -0.151. The number of thiol groups is 1. The summed E-state index contributed by atoms with van der Waals surface area (Å²) in [6.07, 6.45) is 5.34. The monoisotopic (exact) mass is 712 g/mol. The van der Waals surface area contributed by atoms with Crippen LogP contribution in [0.3, 0.4) is 0 Å². The number of carbonyl (C=O) groups excluding carboxylic acids is 4. The number of likely N-dealkylation sites (N-methyl/N-ethyl adjacent to an activating group) is 2. The molecule has 5 atom stereocenters. The molecule has 1 fully saturated rings. The maximum atomic E-state index is 13.5. The van der Waals surface area contributed by atoms with Crippen molar-refractivity contribution in [1.29, 1.82) is 0 Å². The second kappa shape index (κ2) is 16.7. The fourth-order valence-corrected chi connectivity index (χ4v) is 8.34. The molecule has 1 aliphatic rings. The molecule has 270 valence electrons. The first-order valence-corrected chi connectivity index (χ1v) is 18.6. The Labute approximate surface area is 302 Å². The van der Waals surface area contributed by atoms with Gasteiger partial charge in [-0.25, -0.2) is 0 Å². The molecule has 8 nitrogen and oxygen atoms in total. The molecule has 1 aliphatic heterocycles. The van der Waals surface area contributed by atoms with E-state index in [0.29, 0.717) is 44.4 Å². The Bertz CT molecular complexity index is 1480. The van der Waals surface area contributed by atoms with E-state index >= 15 is 0 Å².